The minimum Gasteiger partial charge on any atom is -0.386 e. The van der Waals surface area contributed by atoms with E-state index in [-0.39, 0.29) is 18.3 Å². The molecular formula is C13H25NO3. The van der Waals surface area contributed by atoms with Crippen LogP contribution in [-0.4, -0.2) is 42.2 Å². The lowest BCUT2D eigenvalue weighted by molar-refractivity contribution is -0.135. The number of ether oxygens (including phenoxy) is 2. The Bertz CT molecular complexity index is 247. The Hall–Kier alpha value is -0.160. The van der Waals surface area contributed by atoms with E-state index in [1.807, 2.05) is 0 Å². The molecule has 2 fully saturated rings. The molecule has 1 aliphatic heterocycles. The molecule has 0 aromatic heterocycles. The first-order valence-corrected chi connectivity index (χ1v) is 6.73. The zero-order chi connectivity index (χ0) is 12.5. The van der Waals surface area contributed by atoms with E-state index in [2.05, 4.69) is 13.8 Å². The second-order valence-corrected chi connectivity index (χ2v) is 5.74. The maximum Gasteiger partial charge on any atom is 0.103 e. The first-order chi connectivity index (χ1) is 8.03. The SMILES string of the molecule is CC1CC(OCC(O)(CN)C2CC2)CC(C)O1. The van der Waals surface area contributed by atoms with Crippen molar-refractivity contribution in [1.29, 1.82) is 0 Å². The summed E-state index contributed by atoms with van der Waals surface area (Å²) >= 11 is 0. The molecule has 3 atom stereocenters. The second-order valence-electron chi connectivity index (χ2n) is 5.74. The smallest absolute Gasteiger partial charge is 0.103 e. The Morgan fingerprint density at radius 3 is 2.35 bits per heavy atom. The maximum atomic E-state index is 10.3. The lowest BCUT2D eigenvalue weighted by Crippen LogP contribution is -2.46. The van der Waals surface area contributed by atoms with Gasteiger partial charge in [0.2, 0.25) is 0 Å². The highest BCUT2D eigenvalue weighted by atomic mass is 16.5. The predicted molar refractivity (Wildman–Crippen MR) is 65.7 cm³/mol. The number of rotatable bonds is 5. The van der Waals surface area contributed by atoms with Gasteiger partial charge in [0.1, 0.15) is 5.60 Å². The molecule has 0 amide bonds. The van der Waals surface area contributed by atoms with Crippen LogP contribution < -0.4 is 5.73 Å². The molecule has 100 valence electrons. The largest absolute Gasteiger partial charge is 0.386 e. The fourth-order valence-electron chi connectivity index (χ4n) is 2.71. The van der Waals surface area contributed by atoms with Crippen molar-refractivity contribution < 1.29 is 14.6 Å². The fraction of sp³-hybridized carbons (Fsp3) is 1.00. The molecule has 0 bridgehead atoms. The third kappa shape index (κ3) is 3.41. The van der Waals surface area contributed by atoms with Crippen LogP contribution in [-0.2, 0) is 9.47 Å². The molecule has 1 heterocycles. The van der Waals surface area contributed by atoms with E-state index in [9.17, 15) is 5.11 Å². The lowest BCUT2D eigenvalue weighted by Gasteiger charge is -2.35. The summed E-state index contributed by atoms with van der Waals surface area (Å²) < 4.78 is 11.5. The van der Waals surface area contributed by atoms with E-state index in [0.29, 0.717) is 19.1 Å². The Kier molecular flexibility index (Phi) is 4.08. The standard InChI is InChI=1S/C13H25NO3/c1-9-5-12(6-10(2)17-9)16-8-13(15,7-14)11-3-4-11/h9-12,15H,3-8,14H2,1-2H3. The van der Waals surface area contributed by atoms with Crippen LogP contribution in [0.4, 0.5) is 0 Å². The normalized spacial score (nSPS) is 37.8. The Morgan fingerprint density at radius 2 is 1.88 bits per heavy atom. The molecule has 1 aliphatic carbocycles. The quantitative estimate of drug-likeness (QED) is 0.758. The van der Waals surface area contributed by atoms with Crippen molar-refractivity contribution in [2.75, 3.05) is 13.2 Å². The maximum absolute atomic E-state index is 10.3. The molecule has 1 saturated carbocycles. The summed E-state index contributed by atoms with van der Waals surface area (Å²) in [5.41, 5.74) is 4.86. The first kappa shape index (κ1) is 13.3. The third-order valence-corrected chi connectivity index (χ3v) is 3.91. The van der Waals surface area contributed by atoms with E-state index in [4.69, 9.17) is 15.2 Å². The van der Waals surface area contributed by atoms with Crippen LogP contribution in [0.2, 0.25) is 0 Å². The Labute approximate surface area is 103 Å². The lowest BCUT2D eigenvalue weighted by atomic mass is 9.98. The van der Waals surface area contributed by atoms with E-state index < -0.39 is 5.60 Å². The van der Waals surface area contributed by atoms with Crippen LogP contribution >= 0.6 is 0 Å². The van der Waals surface area contributed by atoms with Gasteiger partial charge in [-0.3, -0.25) is 0 Å². The number of hydrogen-bond acceptors (Lipinski definition) is 4. The topological polar surface area (TPSA) is 64.7 Å². The summed E-state index contributed by atoms with van der Waals surface area (Å²) in [5.74, 6) is 0.349. The van der Waals surface area contributed by atoms with Crippen molar-refractivity contribution in [3.05, 3.63) is 0 Å². The highest BCUT2D eigenvalue weighted by molar-refractivity contribution is 4.95. The van der Waals surface area contributed by atoms with Gasteiger partial charge < -0.3 is 20.3 Å². The third-order valence-electron chi connectivity index (χ3n) is 3.91. The Balaban J connectivity index is 1.80. The van der Waals surface area contributed by atoms with Gasteiger partial charge in [0, 0.05) is 6.54 Å². The molecule has 3 unspecified atom stereocenters. The minimum absolute atomic E-state index is 0.200. The summed E-state index contributed by atoms with van der Waals surface area (Å²) in [4.78, 5) is 0. The van der Waals surface area contributed by atoms with Crippen molar-refractivity contribution in [2.45, 2.75) is 63.4 Å². The minimum atomic E-state index is -0.801. The molecule has 2 rings (SSSR count). The summed E-state index contributed by atoms with van der Waals surface area (Å²) in [7, 11) is 0. The first-order valence-electron chi connectivity index (χ1n) is 6.73. The van der Waals surface area contributed by atoms with E-state index in [1.165, 1.54) is 0 Å². The summed E-state index contributed by atoms with van der Waals surface area (Å²) in [5, 5.41) is 10.3. The zero-order valence-electron chi connectivity index (χ0n) is 10.9. The molecule has 0 aromatic carbocycles. The van der Waals surface area contributed by atoms with Crippen LogP contribution in [0.1, 0.15) is 39.5 Å². The van der Waals surface area contributed by atoms with Crippen molar-refractivity contribution in [3.8, 4) is 0 Å². The molecule has 3 N–H and O–H groups in total. The number of hydrogen-bond donors (Lipinski definition) is 2. The molecule has 4 heteroatoms. The Morgan fingerprint density at radius 1 is 1.29 bits per heavy atom. The van der Waals surface area contributed by atoms with Crippen LogP contribution in [0.5, 0.6) is 0 Å². The highest BCUT2D eigenvalue weighted by Gasteiger charge is 2.43. The molecule has 4 nitrogen and oxygen atoms in total. The van der Waals surface area contributed by atoms with E-state index in [1.54, 1.807) is 0 Å². The van der Waals surface area contributed by atoms with Crippen LogP contribution in [0.25, 0.3) is 0 Å². The van der Waals surface area contributed by atoms with Gasteiger partial charge in [-0.05, 0) is 45.4 Å². The van der Waals surface area contributed by atoms with Crippen LogP contribution in [0.15, 0.2) is 0 Å². The second kappa shape index (κ2) is 5.22. The van der Waals surface area contributed by atoms with Crippen molar-refractivity contribution in [1.82, 2.24) is 0 Å². The molecule has 0 spiro atoms. The average molecular weight is 243 g/mol. The molecule has 0 aromatic rings. The van der Waals surface area contributed by atoms with Gasteiger partial charge in [-0.2, -0.15) is 0 Å². The number of nitrogens with two attached hydrogens (primary N) is 1. The predicted octanol–water partition coefficient (Wildman–Crippen LogP) is 1.06. The fourth-order valence-corrected chi connectivity index (χ4v) is 2.71. The van der Waals surface area contributed by atoms with E-state index in [0.717, 1.165) is 25.7 Å². The van der Waals surface area contributed by atoms with Crippen molar-refractivity contribution in [3.63, 3.8) is 0 Å². The van der Waals surface area contributed by atoms with Crippen LogP contribution in [0.3, 0.4) is 0 Å². The average Bonchev–Trinajstić information content (AvgIpc) is 3.08. The van der Waals surface area contributed by atoms with E-state index >= 15 is 0 Å². The monoisotopic (exact) mass is 243 g/mol. The molecular weight excluding hydrogens is 218 g/mol. The zero-order valence-corrected chi connectivity index (χ0v) is 10.9. The van der Waals surface area contributed by atoms with Gasteiger partial charge >= 0.3 is 0 Å². The van der Waals surface area contributed by atoms with Gasteiger partial charge in [-0.25, -0.2) is 0 Å². The van der Waals surface area contributed by atoms with Gasteiger partial charge in [0.05, 0.1) is 24.9 Å². The molecule has 2 aliphatic rings. The summed E-state index contributed by atoms with van der Waals surface area (Å²) in [6, 6.07) is 0. The highest BCUT2D eigenvalue weighted by Crippen LogP contribution is 2.39. The van der Waals surface area contributed by atoms with Gasteiger partial charge in [-0.1, -0.05) is 0 Å². The van der Waals surface area contributed by atoms with Gasteiger partial charge in [0.25, 0.3) is 0 Å². The van der Waals surface area contributed by atoms with Crippen molar-refractivity contribution >= 4 is 0 Å². The van der Waals surface area contributed by atoms with Crippen LogP contribution in [0, 0.1) is 5.92 Å². The van der Waals surface area contributed by atoms with Gasteiger partial charge in [0.15, 0.2) is 0 Å². The molecule has 1 saturated heterocycles. The number of aliphatic hydroxyl groups is 1. The molecule has 17 heavy (non-hydrogen) atoms. The van der Waals surface area contributed by atoms with Gasteiger partial charge in [-0.15, -0.1) is 0 Å². The summed E-state index contributed by atoms with van der Waals surface area (Å²) in [6.45, 7) is 4.81. The van der Waals surface area contributed by atoms with Crippen molar-refractivity contribution in [2.24, 2.45) is 11.7 Å². The summed E-state index contributed by atoms with van der Waals surface area (Å²) in [6.07, 6.45) is 4.68. The molecule has 0 radical (unpaired) electrons.